The van der Waals surface area contributed by atoms with E-state index >= 15 is 0 Å². The number of aliphatic hydroxyl groups is 1. The Bertz CT molecular complexity index is 586. The summed E-state index contributed by atoms with van der Waals surface area (Å²) in [6, 6.07) is 9.63. The fraction of sp³-hybridized carbons (Fsp3) is 0.471. The monoisotopic (exact) mass is 289 g/mol. The van der Waals surface area contributed by atoms with Crippen LogP contribution in [0.3, 0.4) is 0 Å². The van der Waals surface area contributed by atoms with Gasteiger partial charge in [0.15, 0.2) is 0 Å². The van der Waals surface area contributed by atoms with Crippen molar-refractivity contribution in [1.82, 2.24) is 5.32 Å². The van der Waals surface area contributed by atoms with Gasteiger partial charge in [0, 0.05) is 17.5 Å². The van der Waals surface area contributed by atoms with Gasteiger partial charge in [0.05, 0.1) is 5.92 Å². The Balaban J connectivity index is 2.15. The second-order valence-electron chi connectivity index (χ2n) is 5.79. The highest BCUT2D eigenvalue weighted by molar-refractivity contribution is 5.85. The molecule has 21 heavy (non-hydrogen) atoms. The zero-order valence-electron chi connectivity index (χ0n) is 12.8. The number of carbonyl (C=O) groups is 1. The molecule has 0 aliphatic heterocycles. The van der Waals surface area contributed by atoms with E-state index in [-0.39, 0.29) is 24.0 Å². The zero-order valence-corrected chi connectivity index (χ0v) is 12.8. The van der Waals surface area contributed by atoms with Crippen molar-refractivity contribution in [2.45, 2.75) is 45.1 Å². The molecule has 2 atom stereocenters. The lowest BCUT2D eigenvalue weighted by atomic mass is 9.93. The zero-order chi connectivity index (χ0) is 15.5. The summed E-state index contributed by atoms with van der Waals surface area (Å²) >= 11 is 0. The third-order valence-corrected chi connectivity index (χ3v) is 4.13. The summed E-state index contributed by atoms with van der Waals surface area (Å²) < 4.78 is 5.75. The van der Waals surface area contributed by atoms with Gasteiger partial charge < -0.3 is 14.8 Å². The molecule has 1 aromatic carbocycles. The van der Waals surface area contributed by atoms with Crippen molar-refractivity contribution < 1.29 is 14.3 Å². The van der Waals surface area contributed by atoms with E-state index in [1.54, 1.807) is 0 Å². The summed E-state index contributed by atoms with van der Waals surface area (Å²) in [5.74, 6) is 0.227. The van der Waals surface area contributed by atoms with Crippen molar-refractivity contribution in [3.05, 3.63) is 36.1 Å². The van der Waals surface area contributed by atoms with E-state index in [4.69, 9.17) is 9.52 Å². The van der Waals surface area contributed by atoms with Crippen molar-refractivity contribution in [2.75, 3.05) is 6.61 Å². The number of aliphatic hydroxyl groups excluding tert-OH is 1. The fourth-order valence-corrected chi connectivity index (χ4v) is 2.33. The van der Waals surface area contributed by atoms with Crippen molar-refractivity contribution in [3.8, 4) is 0 Å². The van der Waals surface area contributed by atoms with Crippen LogP contribution in [0.5, 0.6) is 0 Å². The molecular formula is C17H23NO3. The molecule has 0 aliphatic carbocycles. The molecule has 1 aromatic heterocycles. The molecule has 1 amide bonds. The quantitative estimate of drug-likeness (QED) is 0.858. The third kappa shape index (κ3) is 3.45. The number of benzene rings is 1. The second kappa shape index (κ2) is 6.31. The highest BCUT2D eigenvalue weighted by Crippen LogP contribution is 2.26. The number of para-hydroxylation sites is 1. The number of carbonyl (C=O) groups excluding carboxylic acids is 1. The van der Waals surface area contributed by atoms with Gasteiger partial charge >= 0.3 is 0 Å². The summed E-state index contributed by atoms with van der Waals surface area (Å²) in [6.07, 6.45) is 1.31. The van der Waals surface area contributed by atoms with Gasteiger partial charge in [-0.2, -0.15) is 0 Å². The highest BCUT2D eigenvalue weighted by Gasteiger charge is 2.28. The predicted molar refractivity (Wildman–Crippen MR) is 83.2 cm³/mol. The average Bonchev–Trinajstić information content (AvgIpc) is 2.90. The lowest BCUT2D eigenvalue weighted by molar-refractivity contribution is -0.124. The molecule has 0 saturated heterocycles. The second-order valence-corrected chi connectivity index (χ2v) is 5.79. The highest BCUT2D eigenvalue weighted by atomic mass is 16.3. The van der Waals surface area contributed by atoms with E-state index in [9.17, 15) is 4.79 Å². The van der Waals surface area contributed by atoms with Gasteiger partial charge in [0.2, 0.25) is 5.91 Å². The topological polar surface area (TPSA) is 62.5 Å². The van der Waals surface area contributed by atoms with Crippen LogP contribution in [0.2, 0.25) is 0 Å². The number of hydrogen-bond donors (Lipinski definition) is 2. The first-order chi connectivity index (χ1) is 9.99. The summed E-state index contributed by atoms with van der Waals surface area (Å²) in [5.41, 5.74) is 0.410. The molecule has 0 spiro atoms. The molecule has 2 aromatic rings. The van der Waals surface area contributed by atoms with Crippen LogP contribution in [0, 0.1) is 0 Å². The molecule has 2 unspecified atom stereocenters. The number of furan rings is 1. The molecule has 0 radical (unpaired) electrons. The minimum absolute atomic E-state index is 0.0592. The summed E-state index contributed by atoms with van der Waals surface area (Å²) in [7, 11) is 0. The summed E-state index contributed by atoms with van der Waals surface area (Å²) in [4.78, 5) is 12.4. The molecule has 1 heterocycles. The van der Waals surface area contributed by atoms with Gasteiger partial charge in [-0.3, -0.25) is 4.79 Å². The average molecular weight is 289 g/mol. The SMILES string of the molecule is CCC(C)(CCO)NC(=O)C(C)c1cc2ccccc2o1. The van der Waals surface area contributed by atoms with Crippen LogP contribution >= 0.6 is 0 Å². The summed E-state index contributed by atoms with van der Waals surface area (Å²) in [6.45, 7) is 5.85. The Labute approximate surface area is 125 Å². The van der Waals surface area contributed by atoms with Crippen LogP contribution in [0.4, 0.5) is 0 Å². The molecule has 2 N–H and O–H groups in total. The first-order valence-electron chi connectivity index (χ1n) is 7.40. The lowest BCUT2D eigenvalue weighted by Gasteiger charge is -2.30. The Kier molecular flexibility index (Phi) is 4.68. The Morgan fingerprint density at radius 1 is 1.43 bits per heavy atom. The molecule has 4 nitrogen and oxygen atoms in total. The van der Waals surface area contributed by atoms with Crippen LogP contribution < -0.4 is 5.32 Å². The number of amides is 1. The van der Waals surface area contributed by atoms with Crippen LogP contribution in [0.25, 0.3) is 11.0 Å². The number of hydrogen-bond acceptors (Lipinski definition) is 3. The Morgan fingerprint density at radius 3 is 2.76 bits per heavy atom. The van der Waals surface area contributed by atoms with Gasteiger partial charge in [-0.1, -0.05) is 25.1 Å². The number of rotatable bonds is 6. The van der Waals surface area contributed by atoms with E-state index in [1.807, 2.05) is 51.1 Å². The molecule has 0 aliphatic rings. The normalized spacial score (nSPS) is 15.6. The number of fused-ring (bicyclic) bond motifs is 1. The minimum atomic E-state index is -0.383. The third-order valence-electron chi connectivity index (χ3n) is 4.13. The number of nitrogens with one attached hydrogen (secondary N) is 1. The van der Waals surface area contributed by atoms with E-state index in [0.29, 0.717) is 12.2 Å². The van der Waals surface area contributed by atoms with Crippen molar-refractivity contribution in [1.29, 1.82) is 0 Å². The van der Waals surface area contributed by atoms with Crippen molar-refractivity contribution in [2.24, 2.45) is 0 Å². The summed E-state index contributed by atoms with van der Waals surface area (Å²) in [5, 5.41) is 13.2. The van der Waals surface area contributed by atoms with E-state index in [1.165, 1.54) is 0 Å². The molecule has 0 saturated carbocycles. The maximum absolute atomic E-state index is 12.4. The Morgan fingerprint density at radius 2 is 2.14 bits per heavy atom. The Hall–Kier alpha value is -1.81. The minimum Gasteiger partial charge on any atom is -0.460 e. The van der Waals surface area contributed by atoms with E-state index in [0.717, 1.165) is 17.4 Å². The molecule has 0 fully saturated rings. The van der Waals surface area contributed by atoms with Gasteiger partial charge in [-0.25, -0.2) is 0 Å². The van der Waals surface area contributed by atoms with Gasteiger partial charge in [0.25, 0.3) is 0 Å². The lowest BCUT2D eigenvalue weighted by Crippen LogP contribution is -2.47. The van der Waals surface area contributed by atoms with Crippen LogP contribution in [-0.4, -0.2) is 23.2 Å². The first kappa shape index (κ1) is 15.6. The molecular weight excluding hydrogens is 266 g/mol. The van der Waals surface area contributed by atoms with Crippen molar-refractivity contribution >= 4 is 16.9 Å². The van der Waals surface area contributed by atoms with Crippen LogP contribution in [0.1, 0.15) is 45.3 Å². The molecule has 4 heteroatoms. The van der Waals surface area contributed by atoms with Gasteiger partial charge in [0.1, 0.15) is 11.3 Å². The fourth-order valence-electron chi connectivity index (χ4n) is 2.33. The van der Waals surface area contributed by atoms with Gasteiger partial charge in [-0.05, 0) is 38.8 Å². The standard InChI is InChI=1S/C17H23NO3/c1-4-17(3,9-10-19)18-16(20)12(2)15-11-13-7-5-6-8-14(13)21-15/h5-8,11-12,19H,4,9-10H2,1-3H3,(H,18,20). The van der Waals surface area contributed by atoms with Crippen molar-refractivity contribution in [3.63, 3.8) is 0 Å². The van der Waals surface area contributed by atoms with Crippen LogP contribution in [0.15, 0.2) is 34.7 Å². The smallest absolute Gasteiger partial charge is 0.230 e. The van der Waals surface area contributed by atoms with Gasteiger partial charge in [-0.15, -0.1) is 0 Å². The first-order valence-corrected chi connectivity index (χ1v) is 7.40. The maximum atomic E-state index is 12.4. The predicted octanol–water partition coefficient (Wildman–Crippen LogP) is 3.20. The largest absolute Gasteiger partial charge is 0.460 e. The van der Waals surface area contributed by atoms with E-state index in [2.05, 4.69) is 5.32 Å². The molecule has 0 bridgehead atoms. The molecule has 2 rings (SSSR count). The maximum Gasteiger partial charge on any atom is 0.230 e. The van der Waals surface area contributed by atoms with Crippen LogP contribution in [-0.2, 0) is 4.79 Å². The van der Waals surface area contributed by atoms with E-state index < -0.39 is 0 Å². The molecule has 114 valence electrons.